The predicted molar refractivity (Wildman–Crippen MR) is 143 cm³/mol. The molecule has 13 heteroatoms. The highest BCUT2D eigenvalue weighted by atomic mass is 35.5. The molecule has 0 saturated carbocycles. The first kappa shape index (κ1) is 27.2. The van der Waals surface area contributed by atoms with E-state index in [2.05, 4.69) is 0 Å². The van der Waals surface area contributed by atoms with Crippen LogP contribution in [0, 0.1) is 0 Å². The molecule has 0 unspecified atom stereocenters. The largest absolute Gasteiger partial charge is 0.491 e. The van der Waals surface area contributed by atoms with E-state index >= 15 is 0 Å². The Balaban J connectivity index is 1.61. The van der Waals surface area contributed by atoms with Crippen molar-refractivity contribution in [3.63, 3.8) is 0 Å². The summed E-state index contributed by atoms with van der Waals surface area (Å²) in [6, 6.07) is 20.0. The Bertz CT molecular complexity index is 1740. The zero-order chi connectivity index (χ0) is 27.8. The molecule has 204 valence electrons. The SMILES string of the molecule is O=C(O)c1c(S(=O)(=O)N2CCO[C@H](COc3ccccc3)C2)c2cc(Cl)ccc2n1S(=O)(=O)c1ccccc1. The number of morpholine rings is 1. The van der Waals surface area contributed by atoms with Gasteiger partial charge in [0.15, 0.2) is 5.69 Å². The molecule has 0 bridgehead atoms. The molecule has 1 saturated heterocycles. The van der Waals surface area contributed by atoms with Gasteiger partial charge in [0.25, 0.3) is 10.0 Å². The second-order valence-electron chi connectivity index (χ2n) is 8.71. The number of carboxylic acids is 1. The first-order chi connectivity index (χ1) is 18.6. The molecule has 2 heterocycles. The third-order valence-electron chi connectivity index (χ3n) is 6.20. The maximum atomic E-state index is 14.0. The molecule has 1 aliphatic heterocycles. The molecule has 1 aromatic heterocycles. The molecule has 0 spiro atoms. The molecule has 1 atom stereocenters. The van der Waals surface area contributed by atoms with Gasteiger partial charge >= 0.3 is 5.97 Å². The Kier molecular flexibility index (Phi) is 7.40. The predicted octanol–water partition coefficient (Wildman–Crippen LogP) is 3.70. The standard InChI is InChI=1S/C26H23ClN2O8S2/c27-18-11-12-23-22(15-18)25(24(26(30)31)29(23)38(32,33)21-9-5-2-6-10-21)39(34,35)28-13-14-36-20(16-28)17-37-19-7-3-1-4-8-19/h1-12,15,20H,13-14,16-17H2,(H,30,31)/t20-/m0/s1. The van der Waals surface area contributed by atoms with Crippen LogP contribution in [0.25, 0.3) is 10.9 Å². The van der Waals surface area contributed by atoms with Crippen molar-refractivity contribution in [2.24, 2.45) is 0 Å². The van der Waals surface area contributed by atoms with E-state index in [1.165, 1.54) is 42.5 Å². The number of rotatable bonds is 8. The van der Waals surface area contributed by atoms with Crippen LogP contribution >= 0.6 is 11.6 Å². The molecular weight excluding hydrogens is 568 g/mol. The maximum absolute atomic E-state index is 14.0. The first-order valence-electron chi connectivity index (χ1n) is 11.8. The summed E-state index contributed by atoms with van der Waals surface area (Å²) in [7, 11) is -9.05. The average Bonchev–Trinajstić information content (AvgIpc) is 3.29. The number of ether oxygens (including phenoxy) is 2. The summed E-state index contributed by atoms with van der Waals surface area (Å²) in [5.41, 5.74) is -1.03. The van der Waals surface area contributed by atoms with E-state index in [0.717, 1.165) is 4.31 Å². The van der Waals surface area contributed by atoms with E-state index < -0.39 is 42.7 Å². The van der Waals surface area contributed by atoms with Crippen molar-refractivity contribution in [3.05, 3.63) is 89.6 Å². The van der Waals surface area contributed by atoms with Crippen molar-refractivity contribution in [1.29, 1.82) is 0 Å². The van der Waals surface area contributed by atoms with Gasteiger partial charge in [0.2, 0.25) is 10.0 Å². The fourth-order valence-electron chi connectivity index (χ4n) is 4.45. The lowest BCUT2D eigenvalue weighted by Crippen LogP contribution is -2.47. The number of nitrogens with zero attached hydrogens (tertiary/aromatic N) is 2. The quantitative estimate of drug-likeness (QED) is 0.328. The summed E-state index contributed by atoms with van der Waals surface area (Å²) in [5.74, 6) is -1.14. The van der Waals surface area contributed by atoms with Crippen LogP contribution in [0.1, 0.15) is 10.5 Å². The second-order valence-corrected chi connectivity index (χ2v) is 12.8. The van der Waals surface area contributed by atoms with Gasteiger partial charge in [0, 0.05) is 23.5 Å². The number of sulfonamides is 1. The highest BCUT2D eigenvalue weighted by molar-refractivity contribution is 7.91. The van der Waals surface area contributed by atoms with Crippen molar-refractivity contribution in [3.8, 4) is 5.75 Å². The fraction of sp³-hybridized carbons (Fsp3) is 0.192. The van der Waals surface area contributed by atoms with E-state index in [1.54, 1.807) is 30.3 Å². The van der Waals surface area contributed by atoms with Crippen LogP contribution < -0.4 is 4.74 Å². The van der Waals surface area contributed by atoms with Gasteiger partial charge in [-0.2, -0.15) is 4.31 Å². The molecule has 4 aromatic rings. The van der Waals surface area contributed by atoms with Crippen molar-refractivity contribution >= 4 is 48.5 Å². The lowest BCUT2D eigenvalue weighted by Gasteiger charge is -2.32. The molecule has 1 N–H and O–H groups in total. The molecule has 0 amide bonds. The second kappa shape index (κ2) is 10.6. The van der Waals surface area contributed by atoms with E-state index in [-0.39, 0.29) is 47.1 Å². The number of hydrogen-bond acceptors (Lipinski definition) is 7. The summed E-state index contributed by atoms with van der Waals surface area (Å²) in [6.45, 7) is -0.112. The molecule has 0 aliphatic carbocycles. The van der Waals surface area contributed by atoms with Gasteiger partial charge < -0.3 is 14.6 Å². The number of benzene rings is 3. The smallest absolute Gasteiger partial charge is 0.355 e. The minimum absolute atomic E-state index is 0.0339. The third kappa shape index (κ3) is 5.13. The summed E-state index contributed by atoms with van der Waals surface area (Å²) in [5, 5.41) is 10.2. The van der Waals surface area contributed by atoms with E-state index in [4.69, 9.17) is 21.1 Å². The molecule has 5 rings (SSSR count). The third-order valence-corrected chi connectivity index (χ3v) is 10.1. The van der Waals surface area contributed by atoms with E-state index in [1.807, 2.05) is 6.07 Å². The topological polar surface area (TPSA) is 132 Å². The van der Waals surface area contributed by atoms with E-state index in [0.29, 0.717) is 9.72 Å². The van der Waals surface area contributed by atoms with Crippen molar-refractivity contribution in [1.82, 2.24) is 8.28 Å². The number of halogens is 1. The molecule has 1 fully saturated rings. The summed E-state index contributed by atoms with van der Waals surface area (Å²) >= 11 is 6.17. The maximum Gasteiger partial charge on any atom is 0.355 e. The lowest BCUT2D eigenvalue weighted by atomic mass is 10.2. The van der Waals surface area contributed by atoms with Crippen LogP contribution in [-0.2, 0) is 24.8 Å². The van der Waals surface area contributed by atoms with E-state index in [9.17, 15) is 26.7 Å². The highest BCUT2D eigenvalue weighted by Gasteiger charge is 2.40. The van der Waals surface area contributed by atoms with Gasteiger partial charge in [0.05, 0.1) is 17.0 Å². The number of fused-ring (bicyclic) bond motifs is 1. The fourth-order valence-corrected chi connectivity index (χ4v) is 8.02. The Morgan fingerprint density at radius 3 is 2.31 bits per heavy atom. The summed E-state index contributed by atoms with van der Waals surface area (Å²) < 4.78 is 68.5. The Labute approximate surface area is 230 Å². The van der Waals surface area contributed by atoms with Crippen LogP contribution in [0.2, 0.25) is 5.02 Å². The van der Waals surface area contributed by atoms with Gasteiger partial charge in [-0.15, -0.1) is 0 Å². The number of carboxylic acid groups (broad SMARTS) is 1. The monoisotopic (exact) mass is 590 g/mol. The number of hydrogen-bond donors (Lipinski definition) is 1. The Morgan fingerprint density at radius 1 is 0.974 bits per heavy atom. The molecular formula is C26H23ClN2O8S2. The zero-order valence-electron chi connectivity index (χ0n) is 20.3. The number of aromatic carboxylic acids is 1. The number of carbonyl (C=O) groups is 1. The average molecular weight is 591 g/mol. The van der Waals surface area contributed by atoms with Crippen molar-refractivity contribution < 1.29 is 36.2 Å². The van der Waals surface area contributed by atoms with Crippen LogP contribution in [0.15, 0.2) is 88.7 Å². The normalized spacial score (nSPS) is 16.8. The minimum atomic E-state index is -4.55. The van der Waals surface area contributed by atoms with Crippen LogP contribution in [0.4, 0.5) is 0 Å². The van der Waals surface area contributed by atoms with Gasteiger partial charge in [-0.25, -0.2) is 25.6 Å². The zero-order valence-corrected chi connectivity index (χ0v) is 22.7. The lowest BCUT2D eigenvalue weighted by molar-refractivity contribution is -0.0249. The van der Waals surface area contributed by atoms with Gasteiger partial charge in [-0.1, -0.05) is 48.0 Å². The molecule has 1 aliphatic rings. The molecule has 10 nitrogen and oxygen atoms in total. The highest BCUT2D eigenvalue weighted by Crippen LogP contribution is 2.37. The molecule has 0 radical (unpaired) electrons. The van der Waals surface area contributed by atoms with Crippen molar-refractivity contribution in [2.45, 2.75) is 15.9 Å². The Morgan fingerprint density at radius 2 is 1.64 bits per heavy atom. The van der Waals surface area contributed by atoms with Crippen LogP contribution in [0.5, 0.6) is 5.75 Å². The minimum Gasteiger partial charge on any atom is -0.491 e. The van der Waals surface area contributed by atoms with Gasteiger partial charge in [-0.3, -0.25) is 0 Å². The number of para-hydroxylation sites is 1. The van der Waals surface area contributed by atoms with Crippen LogP contribution in [0.3, 0.4) is 0 Å². The van der Waals surface area contributed by atoms with Crippen LogP contribution in [-0.4, -0.2) is 68.6 Å². The summed E-state index contributed by atoms with van der Waals surface area (Å²) in [6.07, 6.45) is -0.646. The molecule has 39 heavy (non-hydrogen) atoms. The number of aromatic nitrogens is 1. The molecule has 3 aromatic carbocycles. The summed E-state index contributed by atoms with van der Waals surface area (Å²) in [4.78, 5) is 11.7. The Hall–Kier alpha value is -3.42. The van der Waals surface area contributed by atoms with Gasteiger partial charge in [0.1, 0.15) is 23.4 Å². The first-order valence-corrected chi connectivity index (χ1v) is 15.0. The van der Waals surface area contributed by atoms with Crippen molar-refractivity contribution in [2.75, 3.05) is 26.3 Å². The van der Waals surface area contributed by atoms with Gasteiger partial charge in [-0.05, 0) is 42.5 Å².